The number of anilines is 1. The maximum absolute atomic E-state index is 12.0. The zero-order chi connectivity index (χ0) is 13.1. The van der Waals surface area contributed by atoms with Gasteiger partial charge in [0.15, 0.2) is 0 Å². The lowest BCUT2D eigenvalue weighted by Gasteiger charge is -2.26. The first-order valence-electron chi connectivity index (χ1n) is 6.41. The second-order valence-corrected chi connectivity index (χ2v) is 5.06. The molecule has 1 aliphatic rings. The van der Waals surface area contributed by atoms with Crippen molar-refractivity contribution in [1.82, 2.24) is 5.32 Å². The Morgan fingerprint density at radius 2 is 2.22 bits per heavy atom. The number of hydrogen-bond donors (Lipinski definition) is 3. The van der Waals surface area contributed by atoms with Gasteiger partial charge in [-0.1, -0.05) is 6.07 Å². The van der Waals surface area contributed by atoms with Crippen LogP contribution in [0.25, 0.3) is 0 Å². The molecular weight excluding hydrogens is 228 g/mol. The number of nitrogens with one attached hydrogen (secondary N) is 1. The molecule has 1 aromatic rings. The molecule has 1 aromatic carbocycles. The number of amides is 1. The van der Waals surface area contributed by atoms with Gasteiger partial charge in [0.2, 0.25) is 0 Å². The highest BCUT2D eigenvalue weighted by molar-refractivity contribution is 5.95. The van der Waals surface area contributed by atoms with Gasteiger partial charge >= 0.3 is 0 Å². The van der Waals surface area contributed by atoms with E-state index in [-0.39, 0.29) is 18.1 Å². The summed E-state index contributed by atoms with van der Waals surface area (Å²) in [7, 11) is 0. The molecule has 4 N–H and O–H groups in total. The number of benzene rings is 1. The van der Waals surface area contributed by atoms with E-state index in [0.29, 0.717) is 17.7 Å². The third kappa shape index (κ3) is 3.01. The number of carbonyl (C=O) groups excluding carboxylic acids is 1. The molecule has 1 fully saturated rings. The lowest BCUT2D eigenvalue weighted by molar-refractivity contribution is 0.0850. The highest BCUT2D eigenvalue weighted by atomic mass is 16.3. The summed E-state index contributed by atoms with van der Waals surface area (Å²) < 4.78 is 0. The Kier molecular flexibility index (Phi) is 3.87. The van der Waals surface area contributed by atoms with Crippen LogP contribution in [-0.2, 0) is 0 Å². The Hall–Kier alpha value is -1.55. The number of carbonyl (C=O) groups is 1. The minimum Gasteiger partial charge on any atom is -0.398 e. The Morgan fingerprint density at radius 3 is 2.89 bits per heavy atom. The smallest absolute Gasteiger partial charge is 0.251 e. The molecule has 0 spiro atoms. The van der Waals surface area contributed by atoms with Crippen LogP contribution in [0.3, 0.4) is 0 Å². The highest BCUT2D eigenvalue weighted by Gasteiger charge is 2.22. The SMILES string of the molecule is Cc1ccc(C(=O)NC2CCCC(O)C2)cc1N. The van der Waals surface area contributed by atoms with E-state index in [4.69, 9.17) is 5.73 Å². The van der Waals surface area contributed by atoms with Gasteiger partial charge in [0.1, 0.15) is 0 Å². The maximum Gasteiger partial charge on any atom is 0.251 e. The molecule has 0 saturated heterocycles. The van der Waals surface area contributed by atoms with Gasteiger partial charge in [-0.05, 0) is 50.3 Å². The van der Waals surface area contributed by atoms with Crippen LogP contribution in [0, 0.1) is 6.92 Å². The summed E-state index contributed by atoms with van der Waals surface area (Å²) in [6, 6.07) is 5.40. The van der Waals surface area contributed by atoms with Crippen LogP contribution in [0.2, 0.25) is 0 Å². The Morgan fingerprint density at radius 1 is 1.44 bits per heavy atom. The van der Waals surface area contributed by atoms with E-state index >= 15 is 0 Å². The average Bonchev–Trinajstić information content (AvgIpc) is 2.32. The molecule has 1 amide bonds. The molecule has 0 aromatic heterocycles. The van der Waals surface area contributed by atoms with Crippen molar-refractivity contribution >= 4 is 11.6 Å². The molecule has 18 heavy (non-hydrogen) atoms. The molecule has 4 heteroatoms. The summed E-state index contributed by atoms with van der Waals surface area (Å²) in [6.45, 7) is 1.91. The number of aliphatic hydroxyl groups is 1. The van der Waals surface area contributed by atoms with Crippen molar-refractivity contribution in [2.45, 2.75) is 44.8 Å². The van der Waals surface area contributed by atoms with E-state index in [1.165, 1.54) is 0 Å². The molecule has 0 heterocycles. The van der Waals surface area contributed by atoms with Crippen LogP contribution in [0.4, 0.5) is 5.69 Å². The number of aliphatic hydroxyl groups excluding tert-OH is 1. The normalized spacial score (nSPS) is 23.7. The van der Waals surface area contributed by atoms with Gasteiger partial charge < -0.3 is 16.2 Å². The van der Waals surface area contributed by atoms with Crippen LogP contribution in [0.15, 0.2) is 18.2 Å². The van der Waals surface area contributed by atoms with Crippen LogP contribution >= 0.6 is 0 Å². The standard InChI is InChI=1S/C14H20N2O2/c1-9-5-6-10(7-13(9)15)14(18)16-11-3-2-4-12(17)8-11/h5-7,11-12,17H,2-4,8,15H2,1H3,(H,16,18). The minimum absolute atomic E-state index is 0.0729. The van der Waals surface area contributed by atoms with Crippen LogP contribution in [0.1, 0.15) is 41.6 Å². The minimum atomic E-state index is -0.285. The predicted octanol–water partition coefficient (Wildman–Crippen LogP) is 1.61. The van der Waals surface area contributed by atoms with E-state index in [1.807, 2.05) is 13.0 Å². The fourth-order valence-electron chi connectivity index (χ4n) is 2.35. The van der Waals surface area contributed by atoms with Crippen molar-refractivity contribution in [3.05, 3.63) is 29.3 Å². The first-order valence-corrected chi connectivity index (χ1v) is 6.41. The monoisotopic (exact) mass is 248 g/mol. The van der Waals surface area contributed by atoms with Crippen LogP contribution < -0.4 is 11.1 Å². The van der Waals surface area contributed by atoms with Gasteiger partial charge in [-0.25, -0.2) is 0 Å². The molecular formula is C14H20N2O2. The molecule has 0 aliphatic heterocycles. The lowest BCUT2D eigenvalue weighted by Crippen LogP contribution is -2.39. The van der Waals surface area contributed by atoms with Gasteiger partial charge in [-0.3, -0.25) is 4.79 Å². The fraction of sp³-hybridized carbons (Fsp3) is 0.500. The van der Waals surface area contributed by atoms with E-state index in [2.05, 4.69) is 5.32 Å². The summed E-state index contributed by atoms with van der Waals surface area (Å²) >= 11 is 0. The third-order valence-corrected chi connectivity index (χ3v) is 3.52. The molecule has 1 saturated carbocycles. The lowest BCUT2D eigenvalue weighted by atomic mass is 9.93. The Balaban J connectivity index is 2.00. The van der Waals surface area contributed by atoms with Gasteiger partial charge in [-0.15, -0.1) is 0 Å². The van der Waals surface area contributed by atoms with Crippen LogP contribution in [0.5, 0.6) is 0 Å². The first kappa shape index (κ1) is 12.9. The van der Waals surface area contributed by atoms with Crippen molar-refractivity contribution < 1.29 is 9.90 Å². The molecule has 1 aliphatic carbocycles. The second-order valence-electron chi connectivity index (χ2n) is 5.06. The van der Waals surface area contributed by atoms with Crippen molar-refractivity contribution in [3.63, 3.8) is 0 Å². The largest absolute Gasteiger partial charge is 0.398 e. The highest BCUT2D eigenvalue weighted by Crippen LogP contribution is 2.19. The van der Waals surface area contributed by atoms with Crippen LogP contribution in [-0.4, -0.2) is 23.2 Å². The van der Waals surface area contributed by atoms with E-state index in [1.54, 1.807) is 12.1 Å². The summed E-state index contributed by atoms with van der Waals surface area (Å²) in [5.74, 6) is -0.110. The molecule has 2 atom stereocenters. The fourth-order valence-corrected chi connectivity index (χ4v) is 2.35. The molecule has 2 unspecified atom stereocenters. The van der Waals surface area contributed by atoms with Gasteiger partial charge in [0, 0.05) is 17.3 Å². The molecule has 0 bridgehead atoms. The number of aryl methyl sites for hydroxylation is 1. The van der Waals surface area contributed by atoms with E-state index in [9.17, 15) is 9.90 Å². The van der Waals surface area contributed by atoms with Crippen molar-refractivity contribution in [3.8, 4) is 0 Å². The predicted molar refractivity (Wildman–Crippen MR) is 71.3 cm³/mol. The quantitative estimate of drug-likeness (QED) is 0.696. The van der Waals surface area contributed by atoms with Gasteiger partial charge in [0.25, 0.3) is 5.91 Å². The zero-order valence-corrected chi connectivity index (χ0v) is 10.6. The summed E-state index contributed by atoms with van der Waals surface area (Å²) in [5, 5.41) is 12.5. The second kappa shape index (κ2) is 5.40. The van der Waals surface area contributed by atoms with E-state index in [0.717, 1.165) is 24.8 Å². The molecule has 4 nitrogen and oxygen atoms in total. The van der Waals surface area contributed by atoms with Gasteiger partial charge in [0.05, 0.1) is 6.10 Å². The summed E-state index contributed by atoms with van der Waals surface area (Å²) in [4.78, 5) is 12.0. The molecule has 98 valence electrons. The number of hydrogen-bond acceptors (Lipinski definition) is 3. The molecule has 2 rings (SSSR count). The third-order valence-electron chi connectivity index (χ3n) is 3.52. The van der Waals surface area contributed by atoms with Crippen molar-refractivity contribution in [2.24, 2.45) is 0 Å². The van der Waals surface area contributed by atoms with Crippen molar-refractivity contribution in [2.75, 3.05) is 5.73 Å². The average molecular weight is 248 g/mol. The Bertz CT molecular complexity index is 445. The topological polar surface area (TPSA) is 75.3 Å². The first-order chi connectivity index (χ1) is 8.56. The number of rotatable bonds is 2. The number of nitrogens with two attached hydrogens (primary N) is 1. The van der Waals surface area contributed by atoms with E-state index < -0.39 is 0 Å². The zero-order valence-electron chi connectivity index (χ0n) is 10.6. The van der Waals surface area contributed by atoms with Gasteiger partial charge in [-0.2, -0.15) is 0 Å². The maximum atomic E-state index is 12.0. The molecule has 0 radical (unpaired) electrons. The summed E-state index contributed by atoms with van der Waals surface area (Å²) in [5.41, 5.74) is 7.98. The Labute approximate surface area is 107 Å². The summed E-state index contributed by atoms with van der Waals surface area (Å²) in [6.07, 6.45) is 3.09. The number of nitrogen functional groups attached to an aromatic ring is 1. The van der Waals surface area contributed by atoms with Crippen molar-refractivity contribution in [1.29, 1.82) is 0 Å².